The molecule has 6 nitrogen and oxygen atoms in total. The normalized spacial score (nSPS) is 22.4. The minimum atomic E-state index is -0.851. The van der Waals surface area contributed by atoms with Crippen LogP contribution in [0.2, 0.25) is 0 Å². The van der Waals surface area contributed by atoms with E-state index >= 15 is 0 Å². The molecule has 1 saturated heterocycles. The molecule has 0 aromatic heterocycles. The van der Waals surface area contributed by atoms with Gasteiger partial charge < -0.3 is 14.9 Å². The molecule has 1 aliphatic rings. The van der Waals surface area contributed by atoms with Crippen LogP contribution in [0.5, 0.6) is 0 Å². The molecule has 0 saturated carbocycles. The molecule has 2 unspecified atom stereocenters. The maximum atomic E-state index is 12.4. The van der Waals surface area contributed by atoms with Crippen molar-refractivity contribution in [1.82, 2.24) is 9.80 Å². The Kier molecular flexibility index (Phi) is 5.16. The van der Waals surface area contributed by atoms with E-state index in [4.69, 9.17) is 10.4 Å². The highest BCUT2D eigenvalue weighted by Gasteiger charge is 2.38. The molecule has 1 heterocycles. The van der Waals surface area contributed by atoms with Crippen LogP contribution in [-0.2, 0) is 4.79 Å². The van der Waals surface area contributed by atoms with Crippen molar-refractivity contribution in [2.75, 3.05) is 19.6 Å². The topological polar surface area (TPSA) is 84.6 Å². The second-order valence-corrected chi connectivity index (χ2v) is 5.30. The summed E-state index contributed by atoms with van der Waals surface area (Å²) in [4.78, 5) is 26.6. The van der Waals surface area contributed by atoms with Crippen LogP contribution in [0, 0.1) is 23.2 Å². The summed E-state index contributed by atoms with van der Waals surface area (Å²) in [5.41, 5.74) is 0. The lowest BCUT2D eigenvalue weighted by Crippen LogP contribution is -2.46. The van der Waals surface area contributed by atoms with Crippen LogP contribution in [0.4, 0.5) is 4.79 Å². The van der Waals surface area contributed by atoms with Gasteiger partial charge in [-0.2, -0.15) is 5.26 Å². The molecule has 2 atom stereocenters. The molecule has 106 valence electrons. The van der Waals surface area contributed by atoms with Crippen molar-refractivity contribution in [3.63, 3.8) is 0 Å². The van der Waals surface area contributed by atoms with Crippen molar-refractivity contribution in [1.29, 1.82) is 5.26 Å². The number of carbonyl (C=O) groups is 2. The summed E-state index contributed by atoms with van der Waals surface area (Å²) in [6.07, 6.45) is 0.287. The van der Waals surface area contributed by atoms with Crippen molar-refractivity contribution in [3.05, 3.63) is 0 Å². The smallest absolute Gasteiger partial charge is 0.320 e. The molecule has 0 aliphatic carbocycles. The van der Waals surface area contributed by atoms with Crippen LogP contribution in [0.3, 0.4) is 0 Å². The van der Waals surface area contributed by atoms with E-state index in [9.17, 15) is 9.59 Å². The SMILES string of the molecule is CC1CN(C(=O)N(CCC#N)C(C)C)CC1C(=O)O. The van der Waals surface area contributed by atoms with Crippen molar-refractivity contribution in [2.45, 2.75) is 33.2 Å². The predicted molar refractivity (Wildman–Crippen MR) is 69.3 cm³/mol. The van der Waals surface area contributed by atoms with Gasteiger partial charge in [0.05, 0.1) is 18.4 Å². The lowest BCUT2D eigenvalue weighted by atomic mass is 9.99. The van der Waals surface area contributed by atoms with Gasteiger partial charge in [-0.1, -0.05) is 6.92 Å². The maximum absolute atomic E-state index is 12.4. The van der Waals surface area contributed by atoms with Gasteiger partial charge in [0.2, 0.25) is 0 Å². The van der Waals surface area contributed by atoms with E-state index in [1.165, 1.54) is 0 Å². The van der Waals surface area contributed by atoms with Crippen LogP contribution in [0.1, 0.15) is 27.2 Å². The minimum Gasteiger partial charge on any atom is -0.481 e. The lowest BCUT2D eigenvalue weighted by Gasteiger charge is -2.30. The number of carbonyl (C=O) groups excluding carboxylic acids is 1. The molecule has 19 heavy (non-hydrogen) atoms. The molecule has 1 N–H and O–H groups in total. The number of hydrogen-bond acceptors (Lipinski definition) is 3. The Bertz CT molecular complexity index is 389. The number of hydrogen-bond donors (Lipinski definition) is 1. The molecule has 0 aromatic carbocycles. The number of carboxylic acids is 1. The molecule has 1 rings (SSSR count). The van der Waals surface area contributed by atoms with E-state index in [0.29, 0.717) is 13.1 Å². The Labute approximate surface area is 113 Å². The monoisotopic (exact) mass is 267 g/mol. The molecule has 0 aromatic rings. The van der Waals surface area contributed by atoms with Crippen LogP contribution >= 0.6 is 0 Å². The van der Waals surface area contributed by atoms with Gasteiger partial charge in [0.1, 0.15) is 0 Å². The summed E-state index contributed by atoms with van der Waals surface area (Å²) in [5.74, 6) is -1.38. The molecule has 6 heteroatoms. The first kappa shape index (κ1) is 15.3. The molecule has 1 aliphatic heterocycles. The number of carboxylic acid groups (broad SMARTS) is 1. The first-order valence-corrected chi connectivity index (χ1v) is 6.53. The zero-order valence-electron chi connectivity index (χ0n) is 11.7. The van der Waals surface area contributed by atoms with Gasteiger partial charge in [0.25, 0.3) is 0 Å². The fraction of sp³-hybridized carbons (Fsp3) is 0.769. The van der Waals surface area contributed by atoms with Gasteiger partial charge in [0, 0.05) is 25.7 Å². The van der Waals surface area contributed by atoms with Gasteiger partial charge in [-0.05, 0) is 19.8 Å². The standard InChI is InChI=1S/C13H21N3O3/c1-9(2)16(6-4-5-14)13(19)15-7-10(3)11(8-15)12(17)18/h9-11H,4,6-8H2,1-3H3,(H,17,18). The zero-order valence-corrected chi connectivity index (χ0v) is 11.7. The van der Waals surface area contributed by atoms with E-state index < -0.39 is 11.9 Å². The molecule has 0 bridgehead atoms. The third kappa shape index (κ3) is 3.60. The zero-order chi connectivity index (χ0) is 14.6. The fourth-order valence-electron chi connectivity index (χ4n) is 2.37. The number of urea groups is 1. The Morgan fingerprint density at radius 3 is 2.53 bits per heavy atom. The number of likely N-dealkylation sites (tertiary alicyclic amines) is 1. The summed E-state index contributed by atoms with van der Waals surface area (Å²) in [7, 11) is 0. The first-order valence-electron chi connectivity index (χ1n) is 6.53. The quantitative estimate of drug-likeness (QED) is 0.834. The molecule has 1 fully saturated rings. The minimum absolute atomic E-state index is 0.0000317. The maximum Gasteiger partial charge on any atom is 0.320 e. The fourth-order valence-corrected chi connectivity index (χ4v) is 2.37. The van der Waals surface area contributed by atoms with E-state index in [1.807, 2.05) is 26.8 Å². The number of aliphatic carboxylic acids is 1. The summed E-state index contributed by atoms with van der Waals surface area (Å²) >= 11 is 0. The number of rotatable bonds is 4. The lowest BCUT2D eigenvalue weighted by molar-refractivity contribution is -0.142. The van der Waals surface area contributed by atoms with E-state index in [0.717, 1.165) is 0 Å². The largest absolute Gasteiger partial charge is 0.481 e. The van der Waals surface area contributed by atoms with Crippen molar-refractivity contribution in [3.8, 4) is 6.07 Å². The Balaban J connectivity index is 2.71. The first-order chi connectivity index (χ1) is 8.88. The average Bonchev–Trinajstić information content (AvgIpc) is 2.71. The van der Waals surface area contributed by atoms with Crippen molar-refractivity contribution < 1.29 is 14.7 Å². The van der Waals surface area contributed by atoms with Crippen molar-refractivity contribution >= 4 is 12.0 Å². The highest BCUT2D eigenvalue weighted by molar-refractivity contribution is 5.78. The highest BCUT2D eigenvalue weighted by Crippen LogP contribution is 2.24. The Morgan fingerprint density at radius 2 is 2.11 bits per heavy atom. The number of amides is 2. The third-order valence-electron chi connectivity index (χ3n) is 3.53. The van der Waals surface area contributed by atoms with Gasteiger partial charge >= 0.3 is 12.0 Å². The third-order valence-corrected chi connectivity index (χ3v) is 3.53. The number of nitriles is 1. The molecular weight excluding hydrogens is 246 g/mol. The predicted octanol–water partition coefficient (Wildman–Crippen LogP) is 1.38. The van der Waals surface area contributed by atoms with Gasteiger partial charge in [-0.15, -0.1) is 0 Å². The van der Waals surface area contributed by atoms with Crippen LogP contribution in [0.15, 0.2) is 0 Å². The van der Waals surface area contributed by atoms with Gasteiger partial charge in [-0.25, -0.2) is 4.79 Å². The van der Waals surface area contributed by atoms with Crippen LogP contribution in [-0.4, -0.2) is 52.6 Å². The van der Waals surface area contributed by atoms with Crippen LogP contribution in [0.25, 0.3) is 0 Å². The average molecular weight is 267 g/mol. The van der Waals surface area contributed by atoms with Crippen molar-refractivity contribution in [2.24, 2.45) is 11.8 Å². The Hall–Kier alpha value is -1.77. The summed E-state index contributed by atoms with van der Waals surface area (Å²) in [6.45, 7) is 6.74. The summed E-state index contributed by atoms with van der Waals surface area (Å²) in [6, 6.07) is 1.86. The summed E-state index contributed by atoms with van der Waals surface area (Å²) in [5, 5.41) is 17.7. The second kappa shape index (κ2) is 6.41. The Morgan fingerprint density at radius 1 is 1.47 bits per heavy atom. The molecule has 0 radical (unpaired) electrons. The molecular formula is C13H21N3O3. The van der Waals surface area contributed by atoms with E-state index in [1.54, 1.807) is 9.80 Å². The van der Waals surface area contributed by atoms with Gasteiger partial charge in [-0.3, -0.25) is 4.79 Å². The van der Waals surface area contributed by atoms with E-state index in [2.05, 4.69) is 0 Å². The molecule has 2 amide bonds. The summed E-state index contributed by atoms with van der Waals surface area (Å²) < 4.78 is 0. The highest BCUT2D eigenvalue weighted by atomic mass is 16.4. The van der Waals surface area contributed by atoms with Crippen LogP contribution < -0.4 is 0 Å². The van der Waals surface area contributed by atoms with E-state index in [-0.39, 0.29) is 31.0 Å². The molecule has 0 spiro atoms. The number of nitrogens with zero attached hydrogens (tertiary/aromatic N) is 3. The second-order valence-electron chi connectivity index (χ2n) is 5.30. The van der Waals surface area contributed by atoms with Gasteiger partial charge in [0.15, 0.2) is 0 Å².